The number of nitrogens with zero attached hydrogens (tertiary/aromatic N) is 5. The Hall–Kier alpha value is -3.81. The number of ether oxygens (including phenoxy) is 1. The SMILES string of the molecule is Cc1ccc(-c2nnn(CC(=O)OCc3nc(-c4ccccc4)oc3C)n2)cc1. The van der Waals surface area contributed by atoms with E-state index in [2.05, 4.69) is 20.4 Å². The number of carbonyl (C=O) groups is 1. The van der Waals surface area contributed by atoms with Crippen LogP contribution in [0.2, 0.25) is 0 Å². The van der Waals surface area contributed by atoms with Gasteiger partial charge in [-0.3, -0.25) is 0 Å². The average molecular weight is 389 g/mol. The molecular weight excluding hydrogens is 370 g/mol. The molecule has 0 aliphatic heterocycles. The lowest BCUT2D eigenvalue weighted by Crippen LogP contribution is -2.16. The first-order valence-electron chi connectivity index (χ1n) is 9.10. The highest BCUT2D eigenvalue weighted by atomic mass is 16.5. The van der Waals surface area contributed by atoms with Crippen molar-refractivity contribution in [3.8, 4) is 22.8 Å². The number of rotatable bonds is 6. The zero-order valence-corrected chi connectivity index (χ0v) is 16.1. The lowest BCUT2D eigenvalue weighted by Gasteiger charge is -2.02. The Balaban J connectivity index is 1.36. The van der Waals surface area contributed by atoms with Crippen LogP contribution in [0.25, 0.3) is 22.8 Å². The molecule has 146 valence electrons. The van der Waals surface area contributed by atoms with E-state index in [0.29, 0.717) is 23.2 Å². The van der Waals surface area contributed by atoms with Crippen molar-refractivity contribution in [3.05, 3.63) is 71.6 Å². The number of benzene rings is 2. The van der Waals surface area contributed by atoms with Crippen LogP contribution in [-0.2, 0) is 22.7 Å². The van der Waals surface area contributed by atoms with Crippen molar-refractivity contribution in [2.75, 3.05) is 0 Å². The van der Waals surface area contributed by atoms with Gasteiger partial charge >= 0.3 is 5.97 Å². The molecule has 0 amide bonds. The van der Waals surface area contributed by atoms with E-state index in [0.717, 1.165) is 16.7 Å². The van der Waals surface area contributed by atoms with Crippen molar-refractivity contribution in [1.29, 1.82) is 0 Å². The van der Waals surface area contributed by atoms with Crippen LogP contribution in [-0.4, -0.2) is 31.2 Å². The van der Waals surface area contributed by atoms with Crippen LogP contribution in [0.3, 0.4) is 0 Å². The molecule has 0 fully saturated rings. The van der Waals surface area contributed by atoms with Crippen LogP contribution in [0.1, 0.15) is 17.0 Å². The number of esters is 1. The molecule has 8 nitrogen and oxygen atoms in total. The fourth-order valence-corrected chi connectivity index (χ4v) is 2.70. The molecule has 0 saturated carbocycles. The molecule has 0 spiro atoms. The fourth-order valence-electron chi connectivity index (χ4n) is 2.70. The first-order chi connectivity index (χ1) is 14.1. The third-order valence-corrected chi connectivity index (χ3v) is 4.32. The maximum Gasteiger partial charge on any atom is 0.330 e. The molecule has 0 bridgehead atoms. The van der Waals surface area contributed by atoms with E-state index < -0.39 is 5.97 Å². The van der Waals surface area contributed by atoms with Crippen LogP contribution in [0.15, 0.2) is 59.0 Å². The second-order valence-electron chi connectivity index (χ2n) is 6.56. The quantitative estimate of drug-likeness (QED) is 0.467. The van der Waals surface area contributed by atoms with Gasteiger partial charge in [-0.05, 0) is 31.2 Å². The smallest absolute Gasteiger partial charge is 0.330 e. The second-order valence-corrected chi connectivity index (χ2v) is 6.56. The number of aromatic nitrogens is 5. The Morgan fingerprint density at radius 2 is 1.79 bits per heavy atom. The molecule has 0 aliphatic carbocycles. The zero-order chi connectivity index (χ0) is 20.2. The average Bonchev–Trinajstić information content (AvgIpc) is 3.34. The van der Waals surface area contributed by atoms with Crippen LogP contribution in [0, 0.1) is 13.8 Å². The summed E-state index contributed by atoms with van der Waals surface area (Å²) < 4.78 is 11.0. The van der Waals surface area contributed by atoms with Crippen molar-refractivity contribution >= 4 is 5.97 Å². The summed E-state index contributed by atoms with van der Waals surface area (Å²) in [6.07, 6.45) is 0. The van der Waals surface area contributed by atoms with Crippen LogP contribution in [0.4, 0.5) is 0 Å². The van der Waals surface area contributed by atoms with Crippen molar-refractivity contribution in [3.63, 3.8) is 0 Å². The number of tetrazole rings is 1. The molecule has 29 heavy (non-hydrogen) atoms. The molecule has 2 heterocycles. The summed E-state index contributed by atoms with van der Waals surface area (Å²) in [7, 11) is 0. The molecule has 8 heteroatoms. The lowest BCUT2D eigenvalue weighted by atomic mass is 10.1. The number of aryl methyl sites for hydroxylation is 2. The summed E-state index contributed by atoms with van der Waals surface area (Å²) >= 11 is 0. The van der Waals surface area contributed by atoms with Crippen molar-refractivity contribution in [2.24, 2.45) is 0 Å². The predicted molar refractivity (Wildman–Crippen MR) is 104 cm³/mol. The van der Waals surface area contributed by atoms with Gasteiger partial charge in [0.05, 0.1) is 0 Å². The maximum absolute atomic E-state index is 12.2. The molecule has 4 rings (SSSR count). The Labute approximate surface area is 167 Å². The van der Waals surface area contributed by atoms with Gasteiger partial charge in [0, 0.05) is 11.1 Å². The summed E-state index contributed by atoms with van der Waals surface area (Å²) in [5.74, 6) is 1.08. The number of carbonyl (C=O) groups excluding carboxylic acids is 1. The van der Waals surface area contributed by atoms with Gasteiger partial charge in [0.25, 0.3) is 0 Å². The molecule has 0 aliphatic rings. The van der Waals surface area contributed by atoms with Crippen molar-refractivity contribution < 1.29 is 13.9 Å². The highest BCUT2D eigenvalue weighted by Gasteiger charge is 2.15. The summed E-state index contributed by atoms with van der Waals surface area (Å²) in [5.41, 5.74) is 3.41. The molecular formula is C21H19N5O3. The maximum atomic E-state index is 12.2. The topological polar surface area (TPSA) is 95.9 Å². The summed E-state index contributed by atoms with van der Waals surface area (Å²) in [4.78, 5) is 17.8. The van der Waals surface area contributed by atoms with Gasteiger partial charge in [-0.25, -0.2) is 9.78 Å². The van der Waals surface area contributed by atoms with E-state index in [9.17, 15) is 4.79 Å². The van der Waals surface area contributed by atoms with Crippen LogP contribution < -0.4 is 0 Å². The summed E-state index contributed by atoms with van der Waals surface area (Å²) in [5, 5.41) is 12.1. The van der Waals surface area contributed by atoms with Gasteiger partial charge in [0.1, 0.15) is 18.1 Å². The minimum atomic E-state index is -0.485. The predicted octanol–water partition coefficient (Wildman–Crippen LogP) is 3.36. The molecule has 0 radical (unpaired) electrons. The van der Waals surface area contributed by atoms with Gasteiger partial charge in [-0.15, -0.1) is 10.2 Å². The van der Waals surface area contributed by atoms with Crippen LogP contribution >= 0.6 is 0 Å². The monoisotopic (exact) mass is 389 g/mol. The van der Waals surface area contributed by atoms with E-state index in [4.69, 9.17) is 9.15 Å². The molecule has 2 aromatic heterocycles. The normalized spacial score (nSPS) is 10.8. The standard InChI is InChI=1S/C21H19N5O3/c1-14-8-10-16(11-9-14)20-23-25-26(24-20)12-19(27)28-13-18-15(2)29-21(22-18)17-6-4-3-5-7-17/h3-11H,12-13H2,1-2H3. The van der Waals surface area contributed by atoms with E-state index in [-0.39, 0.29) is 13.2 Å². The Bertz CT molecular complexity index is 1120. The van der Waals surface area contributed by atoms with E-state index in [1.54, 1.807) is 6.92 Å². The number of oxazole rings is 1. The first-order valence-corrected chi connectivity index (χ1v) is 9.10. The van der Waals surface area contributed by atoms with Gasteiger partial charge in [-0.1, -0.05) is 48.0 Å². The molecule has 0 N–H and O–H groups in total. The van der Waals surface area contributed by atoms with Gasteiger partial charge in [0.2, 0.25) is 11.7 Å². The molecule has 0 saturated heterocycles. The third-order valence-electron chi connectivity index (χ3n) is 4.32. The minimum Gasteiger partial charge on any atom is -0.458 e. The highest BCUT2D eigenvalue weighted by Crippen LogP contribution is 2.21. The minimum absolute atomic E-state index is 0.0144. The van der Waals surface area contributed by atoms with Crippen LogP contribution in [0.5, 0.6) is 0 Å². The zero-order valence-electron chi connectivity index (χ0n) is 16.1. The fraction of sp³-hybridized carbons (Fsp3) is 0.190. The number of hydrogen-bond donors (Lipinski definition) is 0. The van der Waals surface area contributed by atoms with Crippen molar-refractivity contribution in [2.45, 2.75) is 27.0 Å². The lowest BCUT2D eigenvalue weighted by molar-refractivity contribution is -0.146. The Morgan fingerprint density at radius 1 is 1.03 bits per heavy atom. The third kappa shape index (κ3) is 4.37. The Morgan fingerprint density at radius 3 is 2.55 bits per heavy atom. The first kappa shape index (κ1) is 18.5. The highest BCUT2D eigenvalue weighted by molar-refractivity contribution is 5.69. The van der Waals surface area contributed by atoms with Crippen molar-refractivity contribution in [1.82, 2.24) is 25.2 Å². The van der Waals surface area contributed by atoms with Gasteiger partial charge in [0.15, 0.2) is 6.54 Å². The molecule has 0 atom stereocenters. The summed E-state index contributed by atoms with van der Waals surface area (Å²) in [6.45, 7) is 3.67. The number of hydrogen-bond acceptors (Lipinski definition) is 7. The molecule has 0 unspecified atom stereocenters. The van der Waals surface area contributed by atoms with E-state index >= 15 is 0 Å². The van der Waals surface area contributed by atoms with E-state index in [1.165, 1.54) is 4.80 Å². The summed E-state index contributed by atoms with van der Waals surface area (Å²) in [6, 6.07) is 17.3. The van der Waals surface area contributed by atoms with E-state index in [1.807, 2.05) is 61.5 Å². The molecule has 4 aromatic rings. The van der Waals surface area contributed by atoms with Gasteiger partial charge < -0.3 is 9.15 Å². The molecule has 2 aromatic carbocycles. The Kier molecular flexibility index (Phi) is 5.15. The van der Waals surface area contributed by atoms with Gasteiger partial charge in [-0.2, -0.15) is 4.80 Å². The largest absolute Gasteiger partial charge is 0.458 e. The second kappa shape index (κ2) is 8.05.